The van der Waals surface area contributed by atoms with Gasteiger partial charge >= 0.3 is 0 Å². The first-order valence-corrected chi connectivity index (χ1v) is 6.29. The average molecular weight is 244 g/mol. The van der Waals surface area contributed by atoms with Gasteiger partial charge in [0.05, 0.1) is 12.2 Å². The lowest BCUT2D eigenvalue weighted by Gasteiger charge is -2.19. The summed E-state index contributed by atoms with van der Waals surface area (Å²) >= 11 is 0. The molecule has 1 unspecified atom stereocenters. The van der Waals surface area contributed by atoms with Gasteiger partial charge in [0, 0.05) is 7.05 Å². The SMILES string of the molecule is CCNC(c1cn(C)nn1)c1cccc(C)c1C. The summed E-state index contributed by atoms with van der Waals surface area (Å²) in [5.41, 5.74) is 4.86. The molecule has 0 aliphatic heterocycles. The van der Waals surface area contributed by atoms with E-state index in [2.05, 4.69) is 54.6 Å². The molecule has 0 radical (unpaired) electrons. The van der Waals surface area contributed by atoms with Crippen molar-refractivity contribution in [3.63, 3.8) is 0 Å². The standard InChI is InChI=1S/C14H20N4/c1-5-15-14(13-9-18(4)17-16-13)12-8-6-7-10(2)11(12)3/h6-9,14-15H,5H2,1-4H3. The molecule has 0 saturated heterocycles. The van der Waals surface area contributed by atoms with E-state index in [1.165, 1.54) is 16.7 Å². The van der Waals surface area contributed by atoms with Gasteiger partial charge in [-0.1, -0.05) is 30.3 Å². The fourth-order valence-corrected chi connectivity index (χ4v) is 2.16. The molecule has 0 aliphatic carbocycles. The molecule has 0 spiro atoms. The van der Waals surface area contributed by atoms with E-state index in [1.54, 1.807) is 4.68 Å². The Kier molecular flexibility index (Phi) is 3.77. The minimum absolute atomic E-state index is 0.114. The molecule has 0 bridgehead atoms. The summed E-state index contributed by atoms with van der Waals surface area (Å²) in [6.07, 6.45) is 1.97. The Morgan fingerprint density at radius 2 is 2.11 bits per heavy atom. The van der Waals surface area contributed by atoms with E-state index in [-0.39, 0.29) is 6.04 Å². The van der Waals surface area contributed by atoms with Crippen LogP contribution in [-0.4, -0.2) is 21.5 Å². The van der Waals surface area contributed by atoms with Crippen molar-refractivity contribution in [3.05, 3.63) is 46.8 Å². The molecular weight excluding hydrogens is 224 g/mol. The second kappa shape index (κ2) is 5.31. The van der Waals surface area contributed by atoms with Gasteiger partial charge in [0.15, 0.2) is 0 Å². The fourth-order valence-electron chi connectivity index (χ4n) is 2.16. The van der Waals surface area contributed by atoms with Gasteiger partial charge in [0.25, 0.3) is 0 Å². The summed E-state index contributed by atoms with van der Waals surface area (Å²) in [4.78, 5) is 0. The number of hydrogen-bond donors (Lipinski definition) is 1. The minimum Gasteiger partial charge on any atom is -0.305 e. The maximum Gasteiger partial charge on any atom is 0.104 e. The molecule has 0 amide bonds. The molecule has 0 fully saturated rings. The lowest BCUT2D eigenvalue weighted by Crippen LogP contribution is -2.23. The van der Waals surface area contributed by atoms with Gasteiger partial charge in [-0.2, -0.15) is 0 Å². The van der Waals surface area contributed by atoms with Crippen LogP contribution in [0.4, 0.5) is 0 Å². The molecule has 0 saturated carbocycles. The topological polar surface area (TPSA) is 42.7 Å². The molecule has 2 rings (SSSR count). The highest BCUT2D eigenvalue weighted by Crippen LogP contribution is 2.24. The first kappa shape index (κ1) is 12.8. The van der Waals surface area contributed by atoms with Gasteiger partial charge in [-0.3, -0.25) is 4.68 Å². The monoisotopic (exact) mass is 244 g/mol. The molecule has 2 aromatic rings. The number of rotatable bonds is 4. The predicted octanol–water partition coefficient (Wildman–Crippen LogP) is 2.13. The van der Waals surface area contributed by atoms with Crippen LogP contribution in [0.1, 0.15) is 35.3 Å². The first-order chi connectivity index (χ1) is 8.63. The van der Waals surface area contributed by atoms with Crippen molar-refractivity contribution < 1.29 is 0 Å². The molecule has 1 aromatic carbocycles. The molecule has 4 heteroatoms. The predicted molar refractivity (Wildman–Crippen MR) is 72.4 cm³/mol. The normalized spacial score (nSPS) is 12.7. The number of nitrogens with one attached hydrogen (secondary N) is 1. The van der Waals surface area contributed by atoms with Gasteiger partial charge in [0.1, 0.15) is 5.69 Å². The smallest absolute Gasteiger partial charge is 0.104 e. The maximum absolute atomic E-state index is 4.23. The van der Waals surface area contributed by atoms with Gasteiger partial charge in [-0.05, 0) is 37.1 Å². The summed E-state index contributed by atoms with van der Waals surface area (Å²) < 4.78 is 1.74. The average Bonchev–Trinajstić information content (AvgIpc) is 2.77. The van der Waals surface area contributed by atoms with Crippen molar-refractivity contribution in [2.45, 2.75) is 26.8 Å². The Morgan fingerprint density at radius 1 is 1.33 bits per heavy atom. The van der Waals surface area contributed by atoms with Crippen molar-refractivity contribution in [3.8, 4) is 0 Å². The summed E-state index contributed by atoms with van der Waals surface area (Å²) in [7, 11) is 1.89. The van der Waals surface area contributed by atoms with Crippen LogP contribution in [0.15, 0.2) is 24.4 Å². The first-order valence-electron chi connectivity index (χ1n) is 6.29. The molecule has 0 aliphatic rings. The fraction of sp³-hybridized carbons (Fsp3) is 0.429. The minimum atomic E-state index is 0.114. The molecule has 4 nitrogen and oxygen atoms in total. The van der Waals surface area contributed by atoms with Crippen molar-refractivity contribution in [2.24, 2.45) is 7.05 Å². The molecular formula is C14H20N4. The van der Waals surface area contributed by atoms with E-state index < -0.39 is 0 Å². The van der Waals surface area contributed by atoms with Crippen LogP contribution in [0.5, 0.6) is 0 Å². The molecule has 1 aromatic heterocycles. The highest BCUT2D eigenvalue weighted by molar-refractivity contribution is 5.38. The van der Waals surface area contributed by atoms with Crippen molar-refractivity contribution >= 4 is 0 Å². The van der Waals surface area contributed by atoms with E-state index >= 15 is 0 Å². The third-order valence-corrected chi connectivity index (χ3v) is 3.28. The van der Waals surface area contributed by atoms with Crippen molar-refractivity contribution in [1.82, 2.24) is 20.3 Å². The Balaban J connectivity index is 2.44. The second-order valence-corrected chi connectivity index (χ2v) is 4.60. The summed E-state index contributed by atoms with van der Waals surface area (Å²) in [5, 5.41) is 11.7. The Labute approximate surface area is 108 Å². The van der Waals surface area contributed by atoms with Gasteiger partial charge in [0.2, 0.25) is 0 Å². The largest absolute Gasteiger partial charge is 0.305 e. The third-order valence-electron chi connectivity index (χ3n) is 3.28. The van der Waals surface area contributed by atoms with Gasteiger partial charge < -0.3 is 5.32 Å². The lowest BCUT2D eigenvalue weighted by molar-refractivity contribution is 0.610. The second-order valence-electron chi connectivity index (χ2n) is 4.60. The number of benzene rings is 1. The lowest BCUT2D eigenvalue weighted by atomic mass is 9.96. The van der Waals surface area contributed by atoms with E-state index in [9.17, 15) is 0 Å². The van der Waals surface area contributed by atoms with E-state index in [1.807, 2.05) is 13.2 Å². The van der Waals surface area contributed by atoms with Crippen LogP contribution >= 0.6 is 0 Å². The molecule has 1 N–H and O–H groups in total. The molecule has 1 heterocycles. The van der Waals surface area contributed by atoms with Gasteiger partial charge in [-0.15, -0.1) is 5.10 Å². The zero-order valence-corrected chi connectivity index (χ0v) is 11.4. The Morgan fingerprint density at radius 3 is 2.72 bits per heavy atom. The number of hydrogen-bond acceptors (Lipinski definition) is 3. The summed E-state index contributed by atoms with van der Waals surface area (Å²) in [6.45, 7) is 7.30. The number of aryl methyl sites for hydroxylation is 2. The van der Waals surface area contributed by atoms with Crippen molar-refractivity contribution in [1.29, 1.82) is 0 Å². The summed E-state index contributed by atoms with van der Waals surface area (Å²) in [5.74, 6) is 0. The molecule has 1 atom stereocenters. The van der Waals surface area contributed by atoms with E-state index in [4.69, 9.17) is 0 Å². The Hall–Kier alpha value is -1.68. The zero-order valence-electron chi connectivity index (χ0n) is 11.4. The van der Waals surface area contributed by atoms with E-state index in [0.29, 0.717) is 0 Å². The summed E-state index contributed by atoms with van der Waals surface area (Å²) in [6, 6.07) is 6.50. The number of nitrogens with zero attached hydrogens (tertiary/aromatic N) is 3. The zero-order chi connectivity index (χ0) is 13.1. The number of aromatic nitrogens is 3. The van der Waals surface area contributed by atoms with E-state index in [0.717, 1.165) is 12.2 Å². The van der Waals surface area contributed by atoms with Crippen LogP contribution in [-0.2, 0) is 7.05 Å². The third kappa shape index (κ3) is 2.43. The quantitative estimate of drug-likeness (QED) is 0.896. The highest BCUT2D eigenvalue weighted by atomic mass is 15.4. The molecule has 18 heavy (non-hydrogen) atoms. The maximum atomic E-state index is 4.23. The van der Waals surface area contributed by atoms with Crippen LogP contribution in [0.2, 0.25) is 0 Å². The molecule has 96 valence electrons. The highest BCUT2D eigenvalue weighted by Gasteiger charge is 2.18. The van der Waals surface area contributed by atoms with Crippen LogP contribution in [0.25, 0.3) is 0 Å². The Bertz CT molecular complexity index is 530. The van der Waals surface area contributed by atoms with Crippen LogP contribution < -0.4 is 5.32 Å². The van der Waals surface area contributed by atoms with Crippen LogP contribution in [0.3, 0.4) is 0 Å². The van der Waals surface area contributed by atoms with Gasteiger partial charge in [-0.25, -0.2) is 0 Å². The van der Waals surface area contributed by atoms with Crippen molar-refractivity contribution in [2.75, 3.05) is 6.54 Å². The van der Waals surface area contributed by atoms with Crippen LogP contribution in [0, 0.1) is 13.8 Å².